The minimum atomic E-state index is 0.978. The second kappa shape index (κ2) is 19.3. The highest BCUT2D eigenvalue weighted by Crippen LogP contribution is 2.15. The van der Waals surface area contributed by atoms with E-state index in [4.69, 9.17) is 0 Å². The van der Waals surface area contributed by atoms with Gasteiger partial charge in [-0.1, -0.05) is 85.9 Å². The zero-order valence-corrected chi connectivity index (χ0v) is 21.3. The van der Waals surface area contributed by atoms with Gasteiger partial charge in [-0.2, -0.15) is 0 Å². The first-order valence-corrected chi connectivity index (χ1v) is 12.4. The highest BCUT2D eigenvalue weighted by Gasteiger charge is 1.98. The maximum Gasteiger partial charge on any atom is 0.0387 e. The maximum atomic E-state index is 3.70. The van der Waals surface area contributed by atoms with E-state index in [9.17, 15) is 0 Å². The van der Waals surface area contributed by atoms with E-state index < -0.39 is 0 Å². The molecular weight excluding hydrogens is 405 g/mol. The topological polar surface area (TPSA) is 12.0 Å². The molecule has 0 aromatic heterocycles. The van der Waals surface area contributed by atoms with Crippen molar-refractivity contribution in [3.05, 3.63) is 102 Å². The van der Waals surface area contributed by atoms with E-state index in [0.29, 0.717) is 0 Å². The predicted octanol–water partition coefficient (Wildman–Crippen LogP) is 9.47. The Balaban J connectivity index is 2.04. The first kappa shape index (κ1) is 27.7. The third-order valence-corrected chi connectivity index (χ3v) is 5.33. The summed E-state index contributed by atoms with van der Waals surface area (Å²) in [5.74, 6) is 0. The molecule has 0 saturated heterocycles. The minimum absolute atomic E-state index is 0.978. The Morgan fingerprint density at radius 3 is 1.62 bits per heavy atom. The molecule has 1 rings (SSSR count). The minimum Gasteiger partial charge on any atom is -0.356 e. The zero-order chi connectivity index (χ0) is 23.3. The Morgan fingerprint density at radius 1 is 0.688 bits per heavy atom. The number of rotatable bonds is 16. The van der Waals surface area contributed by atoms with Gasteiger partial charge < -0.3 is 5.32 Å². The number of hydrogen-bond acceptors (Lipinski definition) is 0. The van der Waals surface area contributed by atoms with Crippen LogP contribution in [-0.2, 0) is 0 Å². The van der Waals surface area contributed by atoms with Crippen molar-refractivity contribution >= 4 is 20.0 Å². The number of benzene rings is 1. The van der Waals surface area contributed by atoms with Crippen molar-refractivity contribution in [2.75, 3.05) is 5.32 Å². The average Bonchev–Trinajstić information content (AvgIpc) is 2.78. The molecule has 0 amide bonds. The summed E-state index contributed by atoms with van der Waals surface area (Å²) in [5.41, 5.74) is 4.89. The molecule has 0 heterocycles. The number of nitrogens with one attached hydrogen (secondary N) is 1. The average molecular weight is 448 g/mol. The first-order valence-electron chi connectivity index (χ1n) is 11.9. The zero-order valence-electron chi connectivity index (χ0n) is 20.3. The van der Waals surface area contributed by atoms with E-state index in [2.05, 4.69) is 126 Å². The van der Waals surface area contributed by atoms with Gasteiger partial charge in [0.2, 0.25) is 0 Å². The van der Waals surface area contributed by atoms with Crippen molar-refractivity contribution in [2.24, 2.45) is 0 Å². The van der Waals surface area contributed by atoms with Crippen molar-refractivity contribution in [2.45, 2.75) is 72.1 Å². The third-order valence-electron chi connectivity index (χ3n) is 4.96. The van der Waals surface area contributed by atoms with Crippen LogP contribution in [0.15, 0.2) is 91.1 Å². The van der Waals surface area contributed by atoms with Crippen molar-refractivity contribution < 1.29 is 0 Å². The lowest BCUT2D eigenvalue weighted by molar-refractivity contribution is 1.10. The van der Waals surface area contributed by atoms with E-state index in [0.717, 1.165) is 62.5 Å². The summed E-state index contributed by atoms with van der Waals surface area (Å²) >= 11 is 0. The summed E-state index contributed by atoms with van der Waals surface area (Å²) in [7, 11) is 3.70. The molecule has 1 aromatic carbocycles. The second-order valence-corrected chi connectivity index (χ2v) is 8.46. The molecule has 0 atom stereocenters. The molecule has 1 aromatic rings. The van der Waals surface area contributed by atoms with Crippen LogP contribution in [0.3, 0.4) is 0 Å². The standard InChI is InChI=1S/C30H42NP/c1-4-5-6-7-8-9-10-11-12-13-14-15-16-17-18-19-20-21-22-23-30(32)31-29-25-24-27(2)28(3)26-29/h5-6,8-9,11-12,14-15,17-18,20-21,24-26,31-32H,4,7,10,13,16,19,22-23H2,1-3H3/b6-5-,9-8-,12-11-,15-14-,18-17-,21-20-. The normalized spacial score (nSPS) is 12.6. The number of anilines is 1. The van der Waals surface area contributed by atoms with Crippen LogP contribution in [0, 0.1) is 13.8 Å². The van der Waals surface area contributed by atoms with Crippen LogP contribution in [0.4, 0.5) is 5.69 Å². The number of aryl methyl sites for hydroxylation is 2. The second-order valence-electron chi connectivity index (χ2n) is 7.86. The van der Waals surface area contributed by atoms with E-state index in [1.807, 2.05) is 0 Å². The molecule has 0 saturated carbocycles. The molecule has 0 fully saturated rings. The Bertz CT molecular complexity index is 821. The predicted molar refractivity (Wildman–Crippen MR) is 150 cm³/mol. The van der Waals surface area contributed by atoms with Gasteiger partial charge in [0.15, 0.2) is 0 Å². The Morgan fingerprint density at radius 2 is 1.16 bits per heavy atom. The molecule has 1 nitrogen and oxygen atoms in total. The third kappa shape index (κ3) is 15.4. The van der Waals surface area contributed by atoms with Crippen molar-refractivity contribution in [3.8, 4) is 0 Å². The van der Waals surface area contributed by atoms with Gasteiger partial charge in [0.05, 0.1) is 0 Å². The molecule has 0 aliphatic carbocycles. The molecule has 172 valence electrons. The summed E-state index contributed by atoms with van der Waals surface area (Å²) < 4.78 is 0. The van der Waals surface area contributed by atoms with Crippen LogP contribution in [-0.4, -0.2) is 5.42 Å². The van der Waals surface area contributed by atoms with Crippen LogP contribution in [0.1, 0.15) is 69.4 Å². The maximum absolute atomic E-state index is 3.70. The molecule has 0 aliphatic rings. The Kier molecular flexibility index (Phi) is 16.7. The molecule has 2 heteroatoms. The van der Waals surface area contributed by atoms with Crippen molar-refractivity contribution in [1.29, 1.82) is 0 Å². The summed E-state index contributed by atoms with van der Waals surface area (Å²) in [4.78, 5) is 0. The lowest BCUT2D eigenvalue weighted by Gasteiger charge is -2.09. The molecule has 0 unspecified atom stereocenters. The van der Waals surface area contributed by atoms with Crippen LogP contribution < -0.4 is 5.32 Å². The largest absolute Gasteiger partial charge is 0.356 e. The molecule has 32 heavy (non-hydrogen) atoms. The van der Waals surface area contributed by atoms with Crippen molar-refractivity contribution in [1.82, 2.24) is 0 Å². The Labute approximate surface area is 199 Å². The summed E-state index contributed by atoms with van der Waals surface area (Å²) in [5, 5.41) is 3.43. The molecule has 0 spiro atoms. The quantitative estimate of drug-likeness (QED) is 0.196. The first-order chi connectivity index (χ1) is 15.6. The number of allylic oxidation sites excluding steroid dienone is 12. The lowest BCUT2D eigenvalue weighted by atomic mass is 10.1. The van der Waals surface area contributed by atoms with Crippen LogP contribution in [0.5, 0.6) is 0 Å². The number of hydrogen-bond donors (Lipinski definition) is 1. The van der Waals surface area contributed by atoms with Crippen LogP contribution >= 0.6 is 8.86 Å². The summed E-state index contributed by atoms with van der Waals surface area (Å²) in [6.07, 6.45) is 35.0. The lowest BCUT2D eigenvalue weighted by Crippen LogP contribution is -2.08. The fourth-order valence-corrected chi connectivity index (χ4v) is 3.21. The van der Waals surface area contributed by atoms with E-state index in [-0.39, 0.29) is 0 Å². The molecule has 0 radical (unpaired) electrons. The molecule has 0 bridgehead atoms. The van der Waals surface area contributed by atoms with Crippen LogP contribution in [0.2, 0.25) is 0 Å². The van der Waals surface area contributed by atoms with Crippen molar-refractivity contribution in [3.63, 3.8) is 0 Å². The fraction of sp³-hybridized carbons (Fsp3) is 0.367. The van der Waals surface area contributed by atoms with Gasteiger partial charge in [0.1, 0.15) is 0 Å². The van der Waals surface area contributed by atoms with E-state index in [1.54, 1.807) is 0 Å². The van der Waals surface area contributed by atoms with Gasteiger partial charge in [-0.15, -0.1) is 8.86 Å². The van der Waals surface area contributed by atoms with Gasteiger partial charge in [0.25, 0.3) is 0 Å². The smallest absolute Gasteiger partial charge is 0.0387 e. The highest BCUT2D eigenvalue weighted by atomic mass is 31.0. The molecule has 0 aliphatic heterocycles. The van der Waals surface area contributed by atoms with Gasteiger partial charge in [-0.3, -0.25) is 0 Å². The van der Waals surface area contributed by atoms with Gasteiger partial charge in [-0.05, 0) is 88.5 Å². The Hall–Kier alpha value is -2.37. The fourth-order valence-electron chi connectivity index (χ4n) is 2.92. The van der Waals surface area contributed by atoms with Gasteiger partial charge >= 0.3 is 0 Å². The summed E-state index contributed by atoms with van der Waals surface area (Å²) in [6.45, 7) is 6.45. The highest BCUT2D eigenvalue weighted by molar-refractivity contribution is 7.21. The molecule has 1 N–H and O–H groups in total. The van der Waals surface area contributed by atoms with E-state index >= 15 is 0 Å². The van der Waals surface area contributed by atoms with Gasteiger partial charge in [-0.25, -0.2) is 0 Å². The van der Waals surface area contributed by atoms with E-state index in [1.165, 1.54) is 11.1 Å². The van der Waals surface area contributed by atoms with Gasteiger partial charge in [0, 0.05) is 11.1 Å². The molecular formula is C30H42NP. The van der Waals surface area contributed by atoms with Crippen LogP contribution in [0.25, 0.3) is 0 Å². The summed E-state index contributed by atoms with van der Waals surface area (Å²) in [6, 6.07) is 6.47. The SMILES string of the molecule is CC/C=C\C/C=C\C/C=C\C/C=C\C/C=C\C/C=C\CCC(=P)Nc1ccc(C)c(C)c1. The monoisotopic (exact) mass is 447 g/mol.